The molecule has 0 aliphatic carbocycles. The minimum atomic E-state index is -0.360. The van der Waals surface area contributed by atoms with Gasteiger partial charge in [0, 0.05) is 23.0 Å². The SMILES string of the molecule is COc1ccc(N=c2oc3ccccc3cc2C(=O)Nc2nccs2)c(OC)c1. The number of ether oxygens (including phenoxy) is 2. The van der Waals surface area contributed by atoms with E-state index in [-0.39, 0.29) is 17.0 Å². The second kappa shape index (κ2) is 8.15. The number of hydrogen-bond donors (Lipinski definition) is 1. The first-order chi connectivity index (χ1) is 14.2. The quantitative estimate of drug-likeness (QED) is 0.530. The summed E-state index contributed by atoms with van der Waals surface area (Å²) in [5.41, 5.74) is 1.58. The molecule has 4 rings (SSSR count). The zero-order valence-corrected chi connectivity index (χ0v) is 16.5. The van der Waals surface area contributed by atoms with Gasteiger partial charge in [0.1, 0.15) is 28.3 Å². The summed E-state index contributed by atoms with van der Waals surface area (Å²) in [5, 5.41) is 5.84. The van der Waals surface area contributed by atoms with Crippen LogP contribution in [0.1, 0.15) is 10.4 Å². The van der Waals surface area contributed by atoms with E-state index in [9.17, 15) is 4.79 Å². The maximum Gasteiger partial charge on any atom is 0.262 e. The summed E-state index contributed by atoms with van der Waals surface area (Å²) in [6.45, 7) is 0. The third kappa shape index (κ3) is 3.97. The van der Waals surface area contributed by atoms with Gasteiger partial charge in [-0.15, -0.1) is 11.3 Å². The van der Waals surface area contributed by atoms with Gasteiger partial charge >= 0.3 is 0 Å². The van der Waals surface area contributed by atoms with Crippen LogP contribution < -0.4 is 20.3 Å². The topological polar surface area (TPSA) is 86.0 Å². The lowest BCUT2D eigenvalue weighted by Crippen LogP contribution is -2.21. The van der Waals surface area contributed by atoms with E-state index in [0.29, 0.717) is 27.9 Å². The van der Waals surface area contributed by atoms with Crippen molar-refractivity contribution in [2.75, 3.05) is 19.5 Å². The summed E-state index contributed by atoms with van der Waals surface area (Å²) in [4.78, 5) is 21.6. The lowest BCUT2D eigenvalue weighted by molar-refractivity contribution is 0.102. The molecule has 8 heteroatoms. The van der Waals surface area contributed by atoms with E-state index < -0.39 is 0 Å². The molecule has 0 aliphatic rings. The van der Waals surface area contributed by atoms with Crippen LogP contribution in [0.3, 0.4) is 0 Å². The highest BCUT2D eigenvalue weighted by molar-refractivity contribution is 7.13. The van der Waals surface area contributed by atoms with Crippen LogP contribution in [-0.2, 0) is 0 Å². The summed E-state index contributed by atoms with van der Waals surface area (Å²) >= 11 is 1.33. The highest BCUT2D eigenvalue weighted by atomic mass is 32.1. The third-order valence-corrected chi connectivity index (χ3v) is 4.85. The molecule has 0 fully saturated rings. The Hall–Kier alpha value is -3.65. The van der Waals surface area contributed by atoms with E-state index in [4.69, 9.17) is 13.9 Å². The second-order valence-electron chi connectivity index (χ2n) is 5.94. The van der Waals surface area contributed by atoms with Crippen molar-refractivity contribution in [2.24, 2.45) is 4.99 Å². The Morgan fingerprint density at radius 2 is 2.00 bits per heavy atom. The number of para-hydroxylation sites is 1. The number of methoxy groups -OCH3 is 2. The Balaban J connectivity index is 1.88. The van der Waals surface area contributed by atoms with E-state index in [0.717, 1.165) is 5.39 Å². The van der Waals surface area contributed by atoms with E-state index in [1.807, 2.05) is 24.3 Å². The number of aromatic nitrogens is 1. The van der Waals surface area contributed by atoms with Gasteiger partial charge in [0.15, 0.2) is 5.13 Å². The van der Waals surface area contributed by atoms with E-state index >= 15 is 0 Å². The van der Waals surface area contributed by atoms with Crippen LogP contribution in [0, 0.1) is 0 Å². The fourth-order valence-corrected chi connectivity index (χ4v) is 3.28. The Morgan fingerprint density at radius 1 is 1.14 bits per heavy atom. The molecule has 0 aliphatic heterocycles. The molecule has 0 radical (unpaired) electrons. The number of benzene rings is 2. The number of hydrogen-bond acceptors (Lipinski definition) is 7. The van der Waals surface area contributed by atoms with Gasteiger partial charge in [0.05, 0.1) is 14.2 Å². The number of amides is 1. The number of nitrogens with zero attached hydrogens (tertiary/aromatic N) is 2. The first-order valence-corrected chi connectivity index (χ1v) is 9.56. The van der Waals surface area contributed by atoms with E-state index in [1.54, 1.807) is 50.1 Å². The van der Waals surface area contributed by atoms with Crippen molar-refractivity contribution in [3.63, 3.8) is 0 Å². The molecule has 0 bridgehead atoms. The fraction of sp³-hybridized carbons (Fsp3) is 0.0952. The van der Waals surface area contributed by atoms with E-state index in [2.05, 4.69) is 15.3 Å². The number of carbonyl (C=O) groups is 1. The van der Waals surface area contributed by atoms with Crippen molar-refractivity contribution in [1.82, 2.24) is 4.98 Å². The van der Waals surface area contributed by atoms with Crippen molar-refractivity contribution in [3.8, 4) is 11.5 Å². The van der Waals surface area contributed by atoms with Gasteiger partial charge in [-0.25, -0.2) is 9.98 Å². The first-order valence-electron chi connectivity index (χ1n) is 8.68. The summed E-state index contributed by atoms with van der Waals surface area (Å²) in [6, 6.07) is 14.4. The number of nitrogens with one attached hydrogen (secondary N) is 1. The lowest BCUT2D eigenvalue weighted by Gasteiger charge is -2.08. The summed E-state index contributed by atoms with van der Waals surface area (Å²) in [5.74, 6) is 0.776. The standard InChI is InChI=1S/C21H17N3O4S/c1-26-14-7-8-16(18(12-14)27-2)23-20-15(19(25)24-21-22-9-10-29-21)11-13-5-3-4-6-17(13)28-20/h3-12H,1-2H3,(H,22,24,25). The zero-order valence-electron chi connectivity index (χ0n) is 15.7. The molecular formula is C21H17N3O4S. The maximum atomic E-state index is 12.9. The molecule has 0 saturated heterocycles. The van der Waals surface area contributed by atoms with Gasteiger partial charge in [-0.2, -0.15) is 0 Å². The summed E-state index contributed by atoms with van der Waals surface area (Å²) < 4.78 is 16.6. The molecule has 7 nitrogen and oxygen atoms in total. The molecule has 4 aromatic rings. The van der Waals surface area contributed by atoms with Crippen LogP contribution in [-0.4, -0.2) is 25.1 Å². The zero-order chi connectivity index (χ0) is 20.2. The number of anilines is 1. The molecule has 2 aromatic carbocycles. The maximum absolute atomic E-state index is 12.9. The molecule has 146 valence electrons. The van der Waals surface area contributed by atoms with Gasteiger partial charge in [-0.05, 0) is 24.3 Å². The van der Waals surface area contributed by atoms with Crippen LogP contribution in [0.25, 0.3) is 11.0 Å². The second-order valence-corrected chi connectivity index (χ2v) is 6.84. The van der Waals surface area contributed by atoms with Crippen molar-refractivity contribution in [2.45, 2.75) is 0 Å². The molecule has 1 amide bonds. The van der Waals surface area contributed by atoms with E-state index in [1.165, 1.54) is 11.3 Å². The average molecular weight is 407 g/mol. The predicted octanol–water partition coefficient (Wildman–Crippen LogP) is 4.39. The van der Waals surface area contributed by atoms with Crippen molar-refractivity contribution >= 4 is 39.0 Å². The van der Waals surface area contributed by atoms with Crippen LogP contribution in [0.5, 0.6) is 11.5 Å². The van der Waals surface area contributed by atoms with Gasteiger partial charge in [0.2, 0.25) is 5.55 Å². The molecular weight excluding hydrogens is 390 g/mol. The van der Waals surface area contributed by atoms with Crippen LogP contribution in [0.15, 0.2) is 69.5 Å². The Labute approximate surface area is 170 Å². The van der Waals surface area contributed by atoms with Gasteiger partial charge in [-0.3, -0.25) is 10.1 Å². The Kier molecular flexibility index (Phi) is 5.26. The third-order valence-electron chi connectivity index (χ3n) is 4.16. The van der Waals surface area contributed by atoms with Crippen molar-refractivity contribution in [3.05, 3.63) is 71.2 Å². The monoisotopic (exact) mass is 407 g/mol. The Bertz CT molecular complexity index is 1230. The van der Waals surface area contributed by atoms with Gasteiger partial charge in [0.25, 0.3) is 5.91 Å². The fourth-order valence-electron chi connectivity index (χ4n) is 2.75. The molecule has 2 heterocycles. The van der Waals surface area contributed by atoms with Crippen molar-refractivity contribution in [1.29, 1.82) is 0 Å². The normalized spacial score (nSPS) is 11.4. The van der Waals surface area contributed by atoms with Gasteiger partial charge < -0.3 is 13.9 Å². The Morgan fingerprint density at radius 3 is 2.76 bits per heavy atom. The lowest BCUT2D eigenvalue weighted by atomic mass is 10.1. The highest BCUT2D eigenvalue weighted by Gasteiger charge is 2.15. The molecule has 0 unspecified atom stereocenters. The molecule has 1 N–H and O–H groups in total. The largest absolute Gasteiger partial charge is 0.497 e. The van der Waals surface area contributed by atoms with Crippen LogP contribution in [0.4, 0.5) is 10.8 Å². The predicted molar refractivity (Wildman–Crippen MR) is 111 cm³/mol. The molecule has 0 atom stereocenters. The summed E-state index contributed by atoms with van der Waals surface area (Å²) in [7, 11) is 3.12. The highest BCUT2D eigenvalue weighted by Crippen LogP contribution is 2.31. The molecule has 0 spiro atoms. The van der Waals surface area contributed by atoms with Gasteiger partial charge in [-0.1, -0.05) is 18.2 Å². The smallest absolute Gasteiger partial charge is 0.262 e. The minimum Gasteiger partial charge on any atom is -0.497 e. The molecule has 29 heavy (non-hydrogen) atoms. The van der Waals surface area contributed by atoms with Crippen molar-refractivity contribution < 1.29 is 18.7 Å². The summed E-state index contributed by atoms with van der Waals surface area (Å²) in [6.07, 6.45) is 1.62. The number of fused-ring (bicyclic) bond motifs is 1. The number of rotatable bonds is 5. The van der Waals surface area contributed by atoms with Crippen LogP contribution >= 0.6 is 11.3 Å². The number of thiazole rings is 1. The van der Waals surface area contributed by atoms with Crippen LogP contribution in [0.2, 0.25) is 0 Å². The molecule has 2 aromatic heterocycles. The minimum absolute atomic E-state index is 0.168. The average Bonchev–Trinajstić information content (AvgIpc) is 3.26. The molecule has 0 saturated carbocycles. The first kappa shape index (κ1) is 18.7. The number of carbonyl (C=O) groups excluding carboxylic acids is 1.